The Bertz CT molecular complexity index is 517. The molecule has 1 aromatic carbocycles. The molecule has 1 fully saturated rings. The van der Waals surface area contributed by atoms with E-state index in [9.17, 15) is 14.9 Å². The Hall–Kier alpha value is -1.97. The van der Waals surface area contributed by atoms with Crippen molar-refractivity contribution in [1.29, 1.82) is 0 Å². The first-order valence-electron chi connectivity index (χ1n) is 5.58. The van der Waals surface area contributed by atoms with Gasteiger partial charge in [0.25, 0.3) is 5.69 Å². The van der Waals surface area contributed by atoms with Gasteiger partial charge in [0.05, 0.1) is 10.5 Å². The van der Waals surface area contributed by atoms with E-state index in [1.54, 1.807) is 25.1 Å². The van der Waals surface area contributed by atoms with Crippen molar-refractivity contribution in [2.45, 2.75) is 26.2 Å². The summed E-state index contributed by atoms with van der Waals surface area (Å²) < 4.78 is 0. The van der Waals surface area contributed by atoms with Crippen LogP contribution in [0.3, 0.4) is 0 Å². The number of Topliss-reactive ketones (excluding diaryl/α,β-unsaturated/α-hetero) is 1. The lowest BCUT2D eigenvalue weighted by Crippen LogP contribution is -1.99. The molecule has 0 amide bonds. The molecule has 0 atom stereocenters. The molecule has 2 rings (SSSR count). The standard InChI is InChI=1S/C13H13NO3/c1-9(11-6-4-8-13(11)15)10-5-2-3-7-12(10)14(16)17/h2-3,5,7H,4,6,8H2,1H3/b11-9+. The van der Waals surface area contributed by atoms with Crippen molar-refractivity contribution in [3.63, 3.8) is 0 Å². The monoisotopic (exact) mass is 231 g/mol. The third-order valence-corrected chi connectivity index (χ3v) is 3.12. The highest BCUT2D eigenvalue weighted by atomic mass is 16.6. The van der Waals surface area contributed by atoms with Crippen molar-refractivity contribution in [3.8, 4) is 0 Å². The van der Waals surface area contributed by atoms with Crippen LogP contribution in [0.2, 0.25) is 0 Å². The predicted molar refractivity (Wildman–Crippen MR) is 64.5 cm³/mol. The summed E-state index contributed by atoms with van der Waals surface area (Å²) >= 11 is 0. The van der Waals surface area contributed by atoms with Crippen LogP contribution in [0.4, 0.5) is 5.69 Å². The minimum Gasteiger partial charge on any atom is -0.295 e. The second-order valence-corrected chi connectivity index (χ2v) is 4.15. The molecule has 0 aliphatic heterocycles. The highest BCUT2D eigenvalue weighted by Gasteiger charge is 2.23. The van der Waals surface area contributed by atoms with Crippen LogP contribution in [0.15, 0.2) is 29.8 Å². The molecule has 0 aromatic heterocycles. The number of carbonyl (C=O) groups is 1. The van der Waals surface area contributed by atoms with Gasteiger partial charge in [-0.1, -0.05) is 12.1 Å². The fraction of sp³-hybridized carbons (Fsp3) is 0.308. The van der Waals surface area contributed by atoms with Gasteiger partial charge < -0.3 is 0 Å². The smallest absolute Gasteiger partial charge is 0.276 e. The molecule has 17 heavy (non-hydrogen) atoms. The SMILES string of the molecule is C/C(=C1/CCCC1=O)c1ccccc1[N+](=O)[O-]. The zero-order valence-corrected chi connectivity index (χ0v) is 9.60. The zero-order valence-electron chi connectivity index (χ0n) is 9.60. The van der Waals surface area contributed by atoms with Crippen molar-refractivity contribution in [3.05, 3.63) is 45.5 Å². The van der Waals surface area contributed by atoms with Gasteiger partial charge in [-0.25, -0.2) is 0 Å². The summed E-state index contributed by atoms with van der Waals surface area (Å²) in [6, 6.07) is 6.56. The molecule has 1 aliphatic carbocycles. The van der Waals surface area contributed by atoms with Crippen molar-refractivity contribution < 1.29 is 9.72 Å². The van der Waals surface area contributed by atoms with Gasteiger partial charge in [-0.15, -0.1) is 0 Å². The minimum atomic E-state index is -0.404. The molecule has 0 spiro atoms. The summed E-state index contributed by atoms with van der Waals surface area (Å²) in [4.78, 5) is 22.2. The number of hydrogen-bond donors (Lipinski definition) is 0. The summed E-state index contributed by atoms with van der Waals surface area (Å²) in [5, 5.41) is 10.9. The fourth-order valence-corrected chi connectivity index (χ4v) is 2.23. The van der Waals surface area contributed by atoms with E-state index in [1.807, 2.05) is 0 Å². The van der Waals surface area contributed by atoms with E-state index in [0.717, 1.165) is 24.0 Å². The second kappa shape index (κ2) is 4.49. The van der Waals surface area contributed by atoms with Crippen LogP contribution in [0.5, 0.6) is 0 Å². The highest BCUT2D eigenvalue weighted by Crippen LogP contribution is 2.33. The predicted octanol–water partition coefficient (Wildman–Crippen LogP) is 3.12. The molecule has 0 N–H and O–H groups in total. The lowest BCUT2D eigenvalue weighted by atomic mass is 9.98. The third kappa shape index (κ3) is 2.11. The lowest BCUT2D eigenvalue weighted by Gasteiger charge is -2.06. The lowest BCUT2D eigenvalue weighted by molar-refractivity contribution is -0.385. The van der Waals surface area contributed by atoms with Crippen molar-refractivity contribution in [1.82, 2.24) is 0 Å². The Labute approximate surface area is 99.1 Å². The first-order chi connectivity index (χ1) is 8.11. The van der Waals surface area contributed by atoms with Gasteiger partial charge in [0.1, 0.15) is 0 Å². The summed E-state index contributed by atoms with van der Waals surface area (Å²) in [7, 11) is 0. The van der Waals surface area contributed by atoms with Crippen molar-refractivity contribution in [2.75, 3.05) is 0 Å². The van der Waals surface area contributed by atoms with E-state index < -0.39 is 4.92 Å². The molecular weight excluding hydrogens is 218 g/mol. The molecule has 0 saturated heterocycles. The van der Waals surface area contributed by atoms with E-state index in [-0.39, 0.29) is 11.5 Å². The summed E-state index contributed by atoms with van der Waals surface area (Å²) in [6.07, 6.45) is 2.15. The van der Waals surface area contributed by atoms with E-state index in [2.05, 4.69) is 0 Å². The Balaban J connectivity index is 2.54. The number of carbonyl (C=O) groups excluding carboxylic acids is 1. The maximum absolute atomic E-state index is 11.6. The molecule has 0 bridgehead atoms. The normalized spacial score (nSPS) is 18.3. The van der Waals surface area contributed by atoms with E-state index in [0.29, 0.717) is 12.0 Å². The maximum atomic E-state index is 11.6. The number of ketones is 1. The van der Waals surface area contributed by atoms with Crippen LogP contribution < -0.4 is 0 Å². The maximum Gasteiger partial charge on any atom is 0.276 e. The summed E-state index contributed by atoms with van der Waals surface area (Å²) in [5.74, 6) is 0.126. The second-order valence-electron chi connectivity index (χ2n) is 4.15. The number of allylic oxidation sites excluding steroid dienone is 2. The van der Waals surface area contributed by atoms with E-state index in [4.69, 9.17) is 0 Å². The van der Waals surface area contributed by atoms with Gasteiger partial charge in [0, 0.05) is 12.5 Å². The quantitative estimate of drug-likeness (QED) is 0.446. The number of rotatable bonds is 2. The Morgan fingerprint density at radius 3 is 2.59 bits per heavy atom. The minimum absolute atomic E-state index is 0.0669. The molecule has 0 unspecified atom stereocenters. The van der Waals surface area contributed by atoms with Gasteiger partial charge in [0.15, 0.2) is 5.78 Å². The number of hydrogen-bond acceptors (Lipinski definition) is 3. The summed E-state index contributed by atoms with van der Waals surface area (Å²) in [6.45, 7) is 1.79. The van der Waals surface area contributed by atoms with Crippen LogP contribution in [0.1, 0.15) is 31.7 Å². The fourth-order valence-electron chi connectivity index (χ4n) is 2.23. The van der Waals surface area contributed by atoms with Gasteiger partial charge in [-0.2, -0.15) is 0 Å². The van der Waals surface area contributed by atoms with E-state index >= 15 is 0 Å². The first-order valence-corrected chi connectivity index (χ1v) is 5.58. The number of nitrogens with zero attached hydrogens (tertiary/aromatic N) is 1. The molecule has 0 heterocycles. The number of para-hydroxylation sites is 1. The van der Waals surface area contributed by atoms with Gasteiger partial charge in [-0.05, 0) is 37.0 Å². The zero-order chi connectivity index (χ0) is 12.4. The van der Waals surface area contributed by atoms with Crippen LogP contribution in [-0.2, 0) is 4.79 Å². The largest absolute Gasteiger partial charge is 0.295 e. The van der Waals surface area contributed by atoms with Gasteiger partial charge >= 0.3 is 0 Å². The average Bonchev–Trinajstić information content (AvgIpc) is 2.74. The molecule has 4 heteroatoms. The van der Waals surface area contributed by atoms with Gasteiger partial charge in [-0.3, -0.25) is 14.9 Å². The van der Waals surface area contributed by atoms with E-state index in [1.165, 1.54) is 6.07 Å². The molecule has 88 valence electrons. The first kappa shape index (κ1) is 11.5. The van der Waals surface area contributed by atoms with Crippen LogP contribution in [0, 0.1) is 10.1 Å². The Morgan fingerprint density at radius 1 is 1.29 bits per heavy atom. The molecule has 1 saturated carbocycles. The Kier molecular flexibility index (Phi) is 3.04. The number of nitro benzene ring substituents is 1. The number of nitro groups is 1. The Morgan fingerprint density at radius 2 is 2.00 bits per heavy atom. The average molecular weight is 231 g/mol. The molecule has 1 aromatic rings. The van der Waals surface area contributed by atoms with Crippen LogP contribution in [0.25, 0.3) is 5.57 Å². The number of benzene rings is 1. The summed E-state index contributed by atoms with van der Waals surface area (Å²) in [5.41, 5.74) is 2.12. The van der Waals surface area contributed by atoms with Crippen molar-refractivity contribution >= 4 is 17.0 Å². The highest BCUT2D eigenvalue weighted by molar-refractivity contribution is 6.04. The van der Waals surface area contributed by atoms with Gasteiger partial charge in [0.2, 0.25) is 0 Å². The van der Waals surface area contributed by atoms with Crippen LogP contribution >= 0.6 is 0 Å². The molecule has 0 radical (unpaired) electrons. The molecule has 1 aliphatic rings. The molecule has 4 nitrogen and oxygen atoms in total. The van der Waals surface area contributed by atoms with Crippen LogP contribution in [-0.4, -0.2) is 10.7 Å². The third-order valence-electron chi connectivity index (χ3n) is 3.12. The topological polar surface area (TPSA) is 60.2 Å². The molecular formula is C13H13NO3. The van der Waals surface area contributed by atoms with Crippen molar-refractivity contribution in [2.24, 2.45) is 0 Å².